The third-order valence-electron chi connectivity index (χ3n) is 6.20. The SMILES string of the molecule is CN(C(=O)CNC(=O)OCc1cccc(C(F)(F)F)c1)C1=C(OCc2ccccc2)c2cc(Cl)ccc2NC1(C)Cl. The number of nitrogens with zero attached hydrogens (tertiary/aromatic N) is 1. The number of halogens is 5. The summed E-state index contributed by atoms with van der Waals surface area (Å²) in [5, 5.41) is 5.95. The minimum atomic E-state index is -4.52. The molecule has 0 aromatic heterocycles. The molecule has 1 atom stereocenters. The van der Waals surface area contributed by atoms with Gasteiger partial charge in [0.25, 0.3) is 0 Å². The fraction of sp³-hybridized carbons (Fsp3) is 0.241. The summed E-state index contributed by atoms with van der Waals surface area (Å²) in [7, 11) is 1.48. The number of benzene rings is 3. The Labute approximate surface area is 244 Å². The van der Waals surface area contributed by atoms with Crippen molar-refractivity contribution in [3.63, 3.8) is 0 Å². The quantitative estimate of drug-likeness (QED) is 0.213. The van der Waals surface area contributed by atoms with Gasteiger partial charge < -0.3 is 25.0 Å². The molecular formula is C29H26Cl2F3N3O4. The normalized spacial score (nSPS) is 16.4. The molecule has 2 amide bonds. The van der Waals surface area contributed by atoms with E-state index in [2.05, 4.69) is 10.6 Å². The van der Waals surface area contributed by atoms with E-state index in [4.69, 9.17) is 32.7 Å². The van der Waals surface area contributed by atoms with E-state index in [1.807, 2.05) is 30.3 Å². The number of likely N-dealkylation sites (N-methyl/N-ethyl adjacent to an activating group) is 1. The number of ether oxygens (including phenoxy) is 2. The van der Waals surface area contributed by atoms with Gasteiger partial charge in [0.15, 0.2) is 10.8 Å². The van der Waals surface area contributed by atoms with Crippen LogP contribution < -0.4 is 10.6 Å². The smallest absolute Gasteiger partial charge is 0.416 e. The van der Waals surface area contributed by atoms with Crippen molar-refractivity contribution >= 4 is 46.6 Å². The molecule has 1 aliphatic heterocycles. The number of carbonyl (C=O) groups is 2. The maximum Gasteiger partial charge on any atom is 0.416 e. The summed E-state index contributed by atoms with van der Waals surface area (Å²) < 4.78 is 50.0. The van der Waals surface area contributed by atoms with Gasteiger partial charge in [0.2, 0.25) is 5.91 Å². The van der Waals surface area contributed by atoms with Crippen molar-refractivity contribution in [1.82, 2.24) is 10.2 Å². The Morgan fingerprint density at radius 2 is 1.71 bits per heavy atom. The van der Waals surface area contributed by atoms with E-state index in [1.165, 1.54) is 24.1 Å². The van der Waals surface area contributed by atoms with E-state index in [0.717, 1.165) is 17.7 Å². The third kappa shape index (κ3) is 7.45. The van der Waals surface area contributed by atoms with Crippen molar-refractivity contribution in [2.24, 2.45) is 0 Å². The summed E-state index contributed by atoms with van der Waals surface area (Å²) in [6.07, 6.45) is -5.50. The van der Waals surface area contributed by atoms with Crippen LogP contribution in [0.5, 0.6) is 0 Å². The molecule has 3 aromatic carbocycles. The van der Waals surface area contributed by atoms with Crippen LogP contribution in [0.15, 0.2) is 78.5 Å². The Morgan fingerprint density at radius 1 is 1.00 bits per heavy atom. The minimum absolute atomic E-state index is 0.146. The van der Waals surface area contributed by atoms with Crippen LogP contribution in [0.25, 0.3) is 5.76 Å². The number of anilines is 1. The lowest BCUT2D eigenvalue weighted by atomic mass is 9.99. The molecule has 0 bridgehead atoms. The van der Waals surface area contributed by atoms with Crippen molar-refractivity contribution < 1.29 is 32.2 Å². The number of carbonyl (C=O) groups excluding carboxylic acids is 2. The Bertz CT molecular complexity index is 1460. The third-order valence-corrected chi connectivity index (χ3v) is 6.71. The standard InChI is InChI=1S/C29H26Cl2F3N3O4/c1-28(31)26(25(40-16-18-7-4-3-5-8-18)22-14-21(30)11-12-23(22)36-28)37(2)24(38)15-35-27(39)41-17-19-9-6-10-20(13-19)29(32,33)34/h3-14,36H,15-17H2,1-2H3,(H,35,39). The number of fused-ring (bicyclic) bond motifs is 1. The number of hydrogen-bond donors (Lipinski definition) is 2. The molecule has 4 rings (SSSR count). The minimum Gasteiger partial charge on any atom is -0.486 e. The first-order valence-electron chi connectivity index (χ1n) is 12.4. The first-order valence-corrected chi connectivity index (χ1v) is 13.1. The van der Waals surface area contributed by atoms with Crippen LogP contribution in [0.2, 0.25) is 5.02 Å². The Hall–Kier alpha value is -3.89. The molecule has 1 aliphatic rings. The van der Waals surface area contributed by atoms with Crippen LogP contribution >= 0.6 is 23.2 Å². The van der Waals surface area contributed by atoms with E-state index in [0.29, 0.717) is 22.0 Å². The van der Waals surface area contributed by atoms with Crippen LogP contribution in [0.4, 0.5) is 23.7 Å². The van der Waals surface area contributed by atoms with E-state index in [1.54, 1.807) is 25.1 Å². The summed E-state index contributed by atoms with van der Waals surface area (Å²) in [6.45, 7) is 0.945. The molecule has 0 saturated heterocycles. The second-order valence-electron chi connectivity index (χ2n) is 9.35. The predicted octanol–water partition coefficient (Wildman–Crippen LogP) is 7.01. The fourth-order valence-electron chi connectivity index (χ4n) is 4.24. The van der Waals surface area contributed by atoms with Crippen molar-refractivity contribution in [3.05, 3.63) is 106 Å². The first-order chi connectivity index (χ1) is 19.3. The summed E-state index contributed by atoms with van der Waals surface area (Å²) in [6, 6.07) is 19.0. The Kier molecular flexibility index (Phi) is 9.04. The fourth-order valence-corrected chi connectivity index (χ4v) is 4.72. The molecule has 2 N–H and O–H groups in total. The van der Waals surface area contributed by atoms with Crippen LogP contribution in [-0.2, 0) is 33.7 Å². The molecule has 0 radical (unpaired) electrons. The predicted molar refractivity (Wildman–Crippen MR) is 150 cm³/mol. The highest BCUT2D eigenvalue weighted by atomic mass is 35.5. The summed E-state index contributed by atoms with van der Waals surface area (Å²) in [4.78, 5) is 25.4. The molecular weight excluding hydrogens is 582 g/mol. The second kappa shape index (κ2) is 12.3. The number of amides is 2. The van der Waals surface area contributed by atoms with Gasteiger partial charge in [0.05, 0.1) is 5.56 Å². The molecule has 7 nitrogen and oxygen atoms in total. The van der Waals surface area contributed by atoms with E-state index in [9.17, 15) is 22.8 Å². The lowest BCUT2D eigenvalue weighted by molar-refractivity contribution is -0.137. The number of hydrogen-bond acceptors (Lipinski definition) is 5. The number of nitrogens with one attached hydrogen (secondary N) is 2. The summed E-state index contributed by atoms with van der Waals surface area (Å²) >= 11 is 13.2. The van der Waals surface area contributed by atoms with Gasteiger partial charge in [-0.05, 0) is 48.4 Å². The lowest BCUT2D eigenvalue weighted by Crippen LogP contribution is -2.47. The highest BCUT2D eigenvalue weighted by molar-refractivity contribution is 6.31. The van der Waals surface area contributed by atoms with Crippen molar-refractivity contribution in [3.8, 4) is 0 Å². The van der Waals surface area contributed by atoms with Gasteiger partial charge in [0, 0.05) is 23.3 Å². The zero-order valence-electron chi connectivity index (χ0n) is 22.0. The van der Waals surface area contributed by atoms with Crippen LogP contribution in [0.1, 0.15) is 29.2 Å². The van der Waals surface area contributed by atoms with Crippen molar-refractivity contribution in [1.29, 1.82) is 0 Å². The largest absolute Gasteiger partial charge is 0.486 e. The number of alkyl carbamates (subject to hydrolysis) is 1. The van der Waals surface area contributed by atoms with Crippen LogP contribution in [-0.4, -0.2) is 35.5 Å². The zero-order valence-corrected chi connectivity index (χ0v) is 23.5. The van der Waals surface area contributed by atoms with Gasteiger partial charge in [-0.1, -0.05) is 65.7 Å². The van der Waals surface area contributed by atoms with Gasteiger partial charge in [0.1, 0.15) is 25.5 Å². The monoisotopic (exact) mass is 607 g/mol. The lowest BCUT2D eigenvalue weighted by Gasteiger charge is -2.39. The molecule has 1 heterocycles. The topological polar surface area (TPSA) is 79.9 Å². The maximum absolute atomic E-state index is 13.2. The molecule has 0 saturated carbocycles. The van der Waals surface area contributed by atoms with Gasteiger partial charge >= 0.3 is 12.3 Å². The van der Waals surface area contributed by atoms with Crippen LogP contribution in [0, 0.1) is 0 Å². The highest BCUT2D eigenvalue weighted by Crippen LogP contribution is 2.44. The van der Waals surface area contributed by atoms with E-state index < -0.39 is 41.9 Å². The summed E-state index contributed by atoms with van der Waals surface area (Å²) in [5.41, 5.74) is 1.70. The molecule has 41 heavy (non-hydrogen) atoms. The first kappa shape index (κ1) is 30.1. The second-order valence-corrected chi connectivity index (χ2v) is 10.5. The molecule has 0 aliphatic carbocycles. The van der Waals surface area contributed by atoms with E-state index in [-0.39, 0.29) is 17.9 Å². The average molecular weight is 608 g/mol. The molecule has 1 unspecified atom stereocenters. The molecule has 3 aromatic rings. The average Bonchev–Trinajstić information content (AvgIpc) is 2.93. The molecule has 12 heteroatoms. The van der Waals surface area contributed by atoms with Crippen molar-refractivity contribution in [2.45, 2.75) is 31.3 Å². The Balaban J connectivity index is 1.49. The van der Waals surface area contributed by atoms with Crippen molar-refractivity contribution in [2.75, 3.05) is 18.9 Å². The van der Waals surface area contributed by atoms with Crippen LogP contribution in [0.3, 0.4) is 0 Å². The van der Waals surface area contributed by atoms with Gasteiger partial charge in [-0.15, -0.1) is 0 Å². The number of alkyl halides is 4. The zero-order chi connectivity index (χ0) is 29.8. The Morgan fingerprint density at radius 3 is 2.41 bits per heavy atom. The van der Waals surface area contributed by atoms with Gasteiger partial charge in [-0.25, -0.2) is 4.79 Å². The number of rotatable bonds is 8. The molecule has 216 valence electrons. The molecule has 0 spiro atoms. The van der Waals surface area contributed by atoms with Gasteiger partial charge in [-0.3, -0.25) is 4.79 Å². The van der Waals surface area contributed by atoms with Gasteiger partial charge in [-0.2, -0.15) is 13.2 Å². The maximum atomic E-state index is 13.2. The highest BCUT2D eigenvalue weighted by Gasteiger charge is 2.40. The summed E-state index contributed by atoms with van der Waals surface area (Å²) in [5.74, 6) is -0.235. The molecule has 0 fully saturated rings. The van der Waals surface area contributed by atoms with E-state index >= 15 is 0 Å².